The van der Waals surface area contributed by atoms with Gasteiger partial charge >= 0.3 is 0 Å². The van der Waals surface area contributed by atoms with Gasteiger partial charge in [0.1, 0.15) is 11.2 Å². The number of para-hydroxylation sites is 2. The van der Waals surface area contributed by atoms with Crippen LogP contribution in [0, 0.1) is 0 Å². The lowest BCUT2D eigenvalue weighted by Gasteiger charge is -2.16. The zero-order chi connectivity index (χ0) is 40.7. The topological polar surface area (TPSA) is 56.7 Å². The number of nitrogens with zero attached hydrogens (tertiary/aromatic N) is 4. The van der Waals surface area contributed by atoms with Crippen molar-refractivity contribution in [3.8, 4) is 51.0 Å². The van der Waals surface area contributed by atoms with E-state index in [2.05, 4.69) is 193 Å². The van der Waals surface area contributed by atoms with Gasteiger partial charge in [0, 0.05) is 32.7 Å². The summed E-state index contributed by atoms with van der Waals surface area (Å²) in [4.78, 5) is 16.3. The molecule has 10 aromatic carbocycles. The molecule has 5 nitrogen and oxygen atoms in total. The normalized spacial score (nSPS) is 11.9. The minimum atomic E-state index is 0.563. The molecule has 0 unspecified atom stereocenters. The molecule has 62 heavy (non-hydrogen) atoms. The molecular formula is C57H34N4O. The van der Waals surface area contributed by atoms with Crippen LogP contribution in [0.1, 0.15) is 0 Å². The molecule has 0 radical (unpaired) electrons. The Hall–Kier alpha value is -8.41. The van der Waals surface area contributed by atoms with Crippen LogP contribution >= 0.6 is 0 Å². The van der Waals surface area contributed by atoms with E-state index in [0.29, 0.717) is 17.5 Å². The molecule has 0 spiro atoms. The van der Waals surface area contributed by atoms with Gasteiger partial charge in [-0.15, -0.1) is 0 Å². The van der Waals surface area contributed by atoms with E-state index in [1.54, 1.807) is 0 Å². The molecule has 0 aliphatic carbocycles. The summed E-state index contributed by atoms with van der Waals surface area (Å²) in [6.07, 6.45) is 0. The zero-order valence-corrected chi connectivity index (χ0v) is 33.3. The second kappa shape index (κ2) is 13.6. The molecule has 0 bridgehead atoms. The third kappa shape index (κ3) is 5.38. The summed E-state index contributed by atoms with van der Waals surface area (Å²) in [6, 6.07) is 72.8. The number of hydrogen-bond donors (Lipinski definition) is 0. The maximum atomic E-state index is 6.62. The number of rotatable bonds is 5. The summed E-state index contributed by atoms with van der Waals surface area (Å²) in [7, 11) is 0. The summed E-state index contributed by atoms with van der Waals surface area (Å²) in [6.45, 7) is 0. The van der Waals surface area contributed by atoms with Gasteiger partial charge < -0.3 is 8.98 Å². The SMILES string of the molecule is c1ccc(-c2cccc(-c3nc(-c4ccc5c(ccc6ccccc65)c4)nc(-c4c(-n5c6ccccc6c6cc7ccccc7cc65)ccc5oc6ccccc6c45)n3)c2)cc1. The van der Waals surface area contributed by atoms with Gasteiger partial charge in [0.2, 0.25) is 0 Å². The van der Waals surface area contributed by atoms with Crippen LogP contribution in [0.15, 0.2) is 211 Å². The molecule has 0 saturated carbocycles. The van der Waals surface area contributed by atoms with Crippen LogP contribution in [0.4, 0.5) is 0 Å². The molecule has 3 aromatic heterocycles. The fourth-order valence-electron chi connectivity index (χ4n) is 9.50. The van der Waals surface area contributed by atoms with Gasteiger partial charge in [-0.3, -0.25) is 0 Å². The average Bonchev–Trinajstić information content (AvgIpc) is 3.88. The monoisotopic (exact) mass is 790 g/mol. The van der Waals surface area contributed by atoms with Gasteiger partial charge in [0.15, 0.2) is 17.5 Å². The van der Waals surface area contributed by atoms with Crippen LogP contribution in [0.3, 0.4) is 0 Å². The lowest BCUT2D eigenvalue weighted by atomic mass is 9.99. The van der Waals surface area contributed by atoms with Crippen molar-refractivity contribution in [1.82, 2.24) is 19.5 Å². The van der Waals surface area contributed by atoms with Crippen LogP contribution in [0.25, 0.3) is 127 Å². The first-order chi connectivity index (χ1) is 30.7. The van der Waals surface area contributed by atoms with E-state index in [4.69, 9.17) is 19.4 Å². The highest BCUT2D eigenvalue weighted by molar-refractivity contribution is 6.17. The van der Waals surface area contributed by atoms with Gasteiger partial charge in [-0.2, -0.15) is 0 Å². The molecule has 0 aliphatic heterocycles. The molecule has 0 amide bonds. The van der Waals surface area contributed by atoms with Crippen molar-refractivity contribution >= 4 is 76.1 Å². The largest absolute Gasteiger partial charge is 0.456 e. The predicted molar refractivity (Wildman–Crippen MR) is 256 cm³/mol. The van der Waals surface area contributed by atoms with E-state index >= 15 is 0 Å². The Labute approximate surface area is 355 Å². The third-order valence-corrected chi connectivity index (χ3v) is 12.4. The quantitative estimate of drug-likeness (QED) is 0.163. The molecule has 0 N–H and O–H groups in total. The van der Waals surface area contributed by atoms with Crippen molar-refractivity contribution < 1.29 is 4.42 Å². The van der Waals surface area contributed by atoms with Crippen LogP contribution in [0.2, 0.25) is 0 Å². The molecule has 0 saturated heterocycles. The lowest BCUT2D eigenvalue weighted by Crippen LogP contribution is -2.04. The van der Waals surface area contributed by atoms with Crippen molar-refractivity contribution in [1.29, 1.82) is 0 Å². The maximum absolute atomic E-state index is 6.62. The number of benzene rings is 10. The van der Waals surface area contributed by atoms with E-state index in [1.165, 1.54) is 37.7 Å². The van der Waals surface area contributed by atoms with Gasteiger partial charge in [0.25, 0.3) is 0 Å². The van der Waals surface area contributed by atoms with Crippen LogP contribution < -0.4 is 0 Å². The highest BCUT2D eigenvalue weighted by atomic mass is 16.3. The molecule has 0 atom stereocenters. The molecule has 13 rings (SSSR count). The van der Waals surface area contributed by atoms with Crippen LogP contribution in [-0.2, 0) is 0 Å². The van der Waals surface area contributed by atoms with E-state index < -0.39 is 0 Å². The lowest BCUT2D eigenvalue weighted by molar-refractivity contribution is 0.669. The predicted octanol–water partition coefficient (Wildman–Crippen LogP) is 15.0. The molecular weight excluding hydrogens is 757 g/mol. The van der Waals surface area contributed by atoms with E-state index in [0.717, 1.165) is 71.9 Å². The van der Waals surface area contributed by atoms with Crippen LogP contribution in [-0.4, -0.2) is 19.5 Å². The van der Waals surface area contributed by atoms with Crippen molar-refractivity contribution in [2.75, 3.05) is 0 Å². The minimum absolute atomic E-state index is 0.563. The maximum Gasteiger partial charge on any atom is 0.166 e. The molecule has 5 heteroatoms. The molecule has 288 valence electrons. The first-order valence-electron chi connectivity index (χ1n) is 20.9. The second-order valence-corrected chi connectivity index (χ2v) is 16.0. The molecule has 13 aromatic rings. The third-order valence-electron chi connectivity index (χ3n) is 12.4. The summed E-state index contributed by atoms with van der Waals surface area (Å²) in [5, 5.41) is 11.4. The smallest absolute Gasteiger partial charge is 0.166 e. The Morgan fingerprint density at radius 2 is 0.952 bits per heavy atom. The van der Waals surface area contributed by atoms with E-state index in [1.807, 2.05) is 18.2 Å². The molecule has 0 fully saturated rings. The minimum Gasteiger partial charge on any atom is -0.456 e. The Bertz CT molecular complexity index is 3940. The van der Waals surface area contributed by atoms with E-state index in [-0.39, 0.29) is 0 Å². The number of aromatic nitrogens is 4. The van der Waals surface area contributed by atoms with E-state index in [9.17, 15) is 0 Å². The molecule has 3 heterocycles. The molecule has 0 aliphatic rings. The first kappa shape index (κ1) is 34.5. The van der Waals surface area contributed by atoms with Gasteiger partial charge in [0.05, 0.1) is 22.3 Å². The fourth-order valence-corrected chi connectivity index (χ4v) is 9.50. The number of fused-ring (bicyclic) bond motifs is 10. The van der Waals surface area contributed by atoms with Crippen molar-refractivity contribution in [2.45, 2.75) is 0 Å². The van der Waals surface area contributed by atoms with Crippen molar-refractivity contribution in [3.63, 3.8) is 0 Å². The Balaban J connectivity index is 1.14. The standard InChI is InChI=1S/C57H34N4O/c1-2-13-35(14-3-1)37-18-12-19-41(31-37)55-58-56(42-27-28-44-40(32-42)26-25-36-15-6-7-20-43(36)44)60-57(59-55)54-49(29-30-52-53(54)46-22-9-11-24-51(46)62-52)61-48-23-10-8-21-45(48)47-33-38-16-4-5-17-39(38)34-50(47)61/h1-34H. The zero-order valence-electron chi connectivity index (χ0n) is 33.3. The second-order valence-electron chi connectivity index (χ2n) is 16.0. The summed E-state index contributed by atoms with van der Waals surface area (Å²) < 4.78 is 9.00. The Morgan fingerprint density at radius 1 is 0.323 bits per heavy atom. The van der Waals surface area contributed by atoms with Crippen molar-refractivity contribution in [2.24, 2.45) is 0 Å². The van der Waals surface area contributed by atoms with Gasteiger partial charge in [-0.25, -0.2) is 15.0 Å². The van der Waals surface area contributed by atoms with Crippen molar-refractivity contribution in [3.05, 3.63) is 206 Å². The first-order valence-corrected chi connectivity index (χ1v) is 20.9. The Kier molecular flexibility index (Phi) is 7.54. The fraction of sp³-hybridized carbons (Fsp3) is 0. The Morgan fingerprint density at radius 3 is 1.81 bits per heavy atom. The number of hydrogen-bond acceptors (Lipinski definition) is 4. The average molecular weight is 791 g/mol. The summed E-state index contributed by atoms with van der Waals surface area (Å²) in [5.41, 5.74) is 9.62. The highest BCUT2D eigenvalue weighted by Crippen LogP contribution is 2.44. The highest BCUT2D eigenvalue weighted by Gasteiger charge is 2.25. The van der Waals surface area contributed by atoms with Gasteiger partial charge in [-0.1, -0.05) is 158 Å². The number of furan rings is 1. The van der Waals surface area contributed by atoms with Gasteiger partial charge in [-0.05, 0) is 92.0 Å². The summed E-state index contributed by atoms with van der Waals surface area (Å²) in [5.74, 6) is 1.74. The van der Waals surface area contributed by atoms with Crippen LogP contribution in [0.5, 0.6) is 0 Å². The summed E-state index contributed by atoms with van der Waals surface area (Å²) >= 11 is 0.